The van der Waals surface area contributed by atoms with Gasteiger partial charge in [-0.1, -0.05) is 13.3 Å². The Morgan fingerprint density at radius 2 is 1.58 bits per heavy atom. The molecule has 0 saturated heterocycles. The molecule has 0 aliphatic carbocycles. The number of rotatable bonds is 9. The van der Waals surface area contributed by atoms with Crippen molar-refractivity contribution in [2.24, 2.45) is 0 Å². The highest BCUT2D eigenvalue weighted by molar-refractivity contribution is 6.16. The predicted octanol–water partition coefficient (Wildman–Crippen LogP) is 0.290. The molecule has 0 aromatic carbocycles. The Morgan fingerprint density at radius 1 is 1.11 bits per heavy atom. The summed E-state index contributed by atoms with van der Waals surface area (Å²) in [5.74, 6) is -2.60. The van der Waals surface area contributed by atoms with E-state index in [0.29, 0.717) is 16.7 Å². The summed E-state index contributed by atoms with van der Waals surface area (Å²) in [6, 6.07) is 0. The molecule has 0 aromatic heterocycles. The minimum absolute atomic E-state index is 0.100. The van der Waals surface area contributed by atoms with E-state index in [1.165, 1.54) is 6.92 Å². The van der Waals surface area contributed by atoms with Crippen LogP contribution in [0.2, 0.25) is 5.54 Å². The SMILES string of the molecule is CCOC(C)(C(=O)O)C(OCC)(C(=O)O)C([SiH3])CC. The summed E-state index contributed by atoms with van der Waals surface area (Å²) in [6.45, 7) is 6.60. The van der Waals surface area contributed by atoms with Gasteiger partial charge in [0.1, 0.15) is 0 Å². The van der Waals surface area contributed by atoms with Crippen LogP contribution < -0.4 is 0 Å². The molecule has 0 saturated carbocycles. The van der Waals surface area contributed by atoms with Gasteiger partial charge in [-0.05, 0) is 26.3 Å². The van der Waals surface area contributed by atoms with Gasteiger partial charge in [-0.2, -0.15) is 0 Å². The Labute approximate surface area is 116 Å². The lowest BCUT2D eigenvalue weighted by atomic mass is 9.79. The zero-order valence-corrected chi connectivity index (χ0v) is 14.2. The third-order valence-electron chi connectivity index (χ3n) is 3.55. The zero-order valence-electron chi connectivity index (χ0n) is 12.2. The van der Waals surface area contributed by atoms with Crippen LogP contribution in [0, 0.1) is 0 Å². The molecule has 0 rings (SSSR count). The van der Waals surface area contributed by atoms with E-state index < -0.39 is 23.1 Å². The number of hydrogen-bond donors (Lipinski definition) is 2. The van der Waals surface area contributed by atoms with Gasteiger partial charge >= 0.3 is 11.9 Å². The molecule has 0 amide bonds. The van der Waals surface area contributed by atoms with Crippen molar-refractivity contribution >= 4 is 22.2 Å². The van der Waals surface area contributed by atoms with Crippen LogP contribution in [0.15, 0.2) is 0 Å². The largest absolute Gasteiger partial charge is 0.479 e. The standard InChI is InChI=1S/C12H24O6Si/c1-5-8(19)12(10(15)16,18-7-3)11(4,9(13)14)17-6-2/h8H,5-7H2,1-4,19H3,(H,13,14)(H,15,16). The first-order valence-corrected chi connectivity index (χ1v) is 7.64. The average molecular weight is 292 g/mol. The number of carbonyl (C=O) groups is 2. The van der Waals surface area contributed by atoms with E-state index in [2.05, 4.69) is 0 Å². The van der Waals surface area contributed by atoms with E-state index in [4.69, 9.17) is 9.47 Å². The summed E-state index contributed by atoms with van der Waals surface area (Å²) in [4.78, 5) is 23.4. The van der Waals surface area contributed by atoms with Crippen molar-refractivity contribution in [2.75, 3.05) is 13.2 Å². The minimum Gasteiger partial charge on any atom is -0.479 e. The van der Waals surface area contributed by atoms with Crippen molar-refractivity contribution in [1.29, 1.82) is 0 Å². The molecule has 0 spiro atoms. The van der Waals surface area contributed by atoms with E-state index >= 15 is 0 Å². The van der Waals surface area contributed by atoms with Gasteiger partial charge in [0.2, 0.25) is 11.2 Å². The fraction of sp³-hybridized carbons (Fsp3) is 0.833. The van der Waals surface area contributed by atoms with Crippen molar-refractivity contribution in [3.05, 3.63) is 0 Å². The van der Waals surface area contributed by atoms with Crippen LogP contribution in [0.1, 0.15) is 34.1 Å². The monoisotopic (exact) mass is 292 g/mol. The lowest BCUT2D eigenvalue weighted by Crippen LogP contribution is -2.67. The maximum absolute atomic E-state index is 11.8. The van der Waals surface area contributed by atoms with Crippen LogP contribution in [0.3, 0.4) is 0 Å². The van der Waals surface area contributed by atoms with Gasteiger partial charge < -0.3 is 19.7 Å². The lowest BCUT2D eigenvalue weighted by Gasteiger charge is -2.45. The smallest absolute Gasteiger partial charge is 0.339 e. The first-order chi connectivity index (χ1) is 8.74. The van der Waals surface area contributed by atoms with Crippen LogP contribution in [0.5, 0.6) is 0 Å². The number of ether oxygens (including phenoxy) is 2. The fourth-order valence-electron chi connectivity index (χ4n) is 2.36. The lowest BCUT2D eigenvalue weighted by molar-refractivity contribution is -0.226. The second kappa shape index (κ2) is 7.02. The third kappa shape index (κ3) is 2.98. The first-order valence-electron chi connectivity index (χ1n) is 6.49. The first kappa shape index (κ1) is 18.1. The molecule has 0 aliphatic rings. The maximum Gasteiger partial charge on any atom is 0.339 e. The minimum atomic E-state index is -1.91. The van der Waals surface area contributed by atoms with Gasteiger partial charge in [0, 0.05) is 23.5 Å². The highest BCUT2D eigenvalue weighted by Gasteiger charge is 2.63. The summed E-state index contributed by atoms with van der Waals surface area (Å²) < 4.78 is 10.8. The van der Waals surface area contributed by atoms with Gasteiger partial charge in [-0.3, -0.25) is 0 Å². The van der Waals surface area contributed by atoms with E-state index in [0.717, 1.165) is 0 Å². The molecular weight excluding hydrogens is 268 g/mol. The molecule has 19 heavy (non-hydrogen) atoms. The molecule has 112 valence electrons. The number of carboxylic acid groups (broad SMARTS) is 2. The Hall–Kier alpha value is -0.923. The molecule has 7 heteroatoms. The maximum atomic E-state index is 11.8. The number of aliphatic carboxylic acids is 2. The summed E-state index contributed by atoms with van der Waals surface area (Å²) >= 11 is 0. The van der Waals surface area contributed by atoms with Gasteiger partial charge in [0.25, 0.3) is 0 Å². The van der Waals surface area contributed by atoms with Gasteiger partial charge in [0.15, 0.2) is 0 Å². The third-order valence-corrected chi connectivity index (χ3v) is 5.18. The normalized spacial score (nSPS) is 19.4. The summed E-state index contributed by atoms with van der Waals surface area (Å²) in [5, 5.41) is 19.1. The fourth-order valence-corrected chi connectivity index (χ4v) is 3.32. The topological polar surface area (TPSA) is 93.1 Å². The number of carboxylic acids is 2. The number of hydrogen-bond acceptors (Lipinski definition) is 4. The van der Waals surface area contributed by atoms with E-state index in [1.54, 1.807) is 13.8 Å². The molecule has 0 heterocycles. The van der Waals surface area contributed by atoms with Crippen molar-refractivity contribution in [1.82, 2.24) is 0 Å². The summed E-state index contributed by atoms with van der Waals surface area (Å²) in [5.41, 5.74) is -4.14. The highest BCUT2D eigenvalue weighted by atomic mass is 28.1. The Kier molecular flexibility index (Phi) is 6.68. The molecule has 6 nitrogen and oxygen atoms in total. The Bertz CT molecular complexity index is 334. The second-order valence-electron chi connectivity index (χ2n) is 4.55. The van der Waals surface area contributed by atoms with Crippen molar-refractivity contribution < 1.29 is 29.3 Å². The van der Waals surface area contributed by atoms with E-state index in [-0.39, 0.29) is 18.8 Å². The predicted molar refractivity (Wildman–Crippen MR) is 73.6 cm³/mol. The molecule has 0 fully saturated rings. The zero-order chi connectivity index (χ0) is 15.3. The molecule has 3 unspecified atom stereocenters. The molecule has 0 radical (unpaired) electrons. The van der Waals surface area contributed by atoms with Crippen LogP contribution in [0.4, 0.5) is 0 Å². The van der Waals surface area contributed by atoms with Gasteiger partial charge in [0.05, 0.1) is 0 Å². The van der Waals surface area contributed by atoms with E-state index in [9.17, 15) is 19.8 Å². The quantitative estimate of drug-likeness (QED) is 0.593. The summed E-state index contributed by atoms with van der Waals surface area (Å²) in [6.07, 6.45) is 0.522. The van der Waals surface area contributed by atoms with Crippen molar-refractivity contribution in [3.63, 3.8) is 0 Å². The van der Waals surface area contributed by atoms with Crippen LogP contribution in [-0.2, 0) is 19.1 Å². The molecule has 2 N–H and O–H groups in total. The van der Waals surface area contributed by atoms with Crippen molar-refractivity contribution in [3.8, 4) is 0 Å². The van der Waals surface area contributed by atoms with Crippen LogP contribution in [0.25, 0.3) is 0 Å². The molecular formula is C12H24O6Si. The van der Waals surface area contributed by atoms with Gasteiger partial charge in [-0.15, -0.1) is 0 Å². The average Bonchev–Trinajstić information content (AvgIpc) is 2.34. The Balaban J connectivity index is 6.03. The molecule has 0 aliphatic heterocycles. The molecule has 3 atom stereocenters. The van der Waals surface area contributed by atoms with E-state index in [1.807, 2.05) is 6.92 Å². The second-order valence-corrected chi connectivity index (χ2v) is 5.95. The summed E-state index contributed by atoms with van der Waals surface area (Å²) in [7, 11) is 0.494. The van der Waals surface area contributed by atoms with Crippen LogP contribution >= 0.6 is 0 Å². The van der Waals surface area contributed by atoms with Gasteiger partial charge in [-0.25, -0.2) is 9.59 Å². The molecule has 0 aromatic rings. The van der Waals surface area contributed by atoms with Crippen LogP contribution in [-0.4, -0.2) is 56.8 Å². The van der Waals surface area contributed by atoms with Crippen molar-refractivity contribution in [2.45, 2.75) is 50.9 Å². The Morgan fingerprint density at radius 3 is 1.84 bits per heavy atom. The highest BCUT2D eigenvalue weighted by Crippen LogP contribution is 2.41. The molecule has 0 bridgehead atoms.